The average Bonchev–Trinajstić information content (AvgIpc) is 1.16. The van der Waals surface area contributed by atoms with Gasteiger partial charge in [-0.3, -0.25) is 9.59 Å². The van der Waals surface area contributed by atoms with Crippen molar-refractivity contribution in [3.8, 4) is 0 Å². The molecule has 0 N–H and O–H groups in total. The molecule has 0 saturated heterocycles. The normalized spacial score (nSPS) is 13.1. The fraction of sp³-hybridized carbons (Fsp3) is 0.789. The van der Waals surface area contributed by atoms with Crippen LogP contribution in [0.25, 0.3) is 0 Å². The summed E-state index contributed by atoms with van der Waals surface area (Å²) in [6.07, 6.45) is 108. The molecule has 2 unspecified atom stereocenters. The third-order valence-electron chi connectivity index (χ3n) is 18.8. The predicted molar refractivity (Wildman–Crippen MR) is 426 cm³/mol. The van der Waals surface area contributed by atoms with E-state index in [-0.39, 0.29) is 32.2 Å². The lowest BCUT2D eigenvalue weighted by Crippen LogP contribution is -2.44. The average molecular weight is 1390 g/mol. The lowest BCUT2D eigenvalue weighted by Gasteiger charge is -2.26. The first-order valence-electron chi connectivity index (χ1n) is 42.4. The van der Waals surface area contributed by atoms with Crippen LogP contribution in [0.4, 0.5) is 0 Å². The molecular formula is C90H161NO8. The maximum atomic E-state index is 13.0. The van der Waals surface area contributed by atoms with Crippen LogP contribution in [0, 0.1) is 0 Å². The van der Waals surface area contributed by atoms with Crippen molar-refractivity contribution in [3.05, 3.63) is 97.2 Å². The number of carbonyl (C=O) groups is 3. The zero-order chi connectivity index (χ0) is 71.8. The van der Waals surface area contributed by atoms with Crippen molar-refractivity contribution in [2.45, 2.75) is 411 Å². The molecule has 0 bridgehead atoms. The van der Waals surface area contributed by atoms with Gasteiger partial charge < -0.3 is 33.3 Å². The van der Waals surface area contributed by atoms with Crippen molar-refractivity contribution in [2.24, 2.45) is 0 Å². The van der Waals surface area contributed by atoms with Crippen LogP contribution in [0.1, 0.15) is 399 Å². The Labute approximate surface area is 613 Å². The molecular weight excluding hydrogens is 1220 g/mol. The van der Waals surface area contributed by atoms with E-state index in [0.717, 1.165) is 83.5 Å². The SMILES string of the molecule is CC/C=C\C/C=C\C/C=C\C/C=C\C/C=C\C/C=C\C/C=C\CCCCCCCCCCCCCCCC(=O)OC(COC(=O)CCCCCCCCCCCCCCCCCCCCCCCCCCCCC/C=C\CCCCCCCCCC)COC(OCC[N+](C)(C)C)C(=O)[O-]. The number of hydrogen-bond acceptors (Lipinski definition) is 8. The van der Waals surface area contributed by atoms with E-state index >= 15 is 0 Å². The van der Waals surface area contributed by atoms with E-state index in [0.29, 0.717) is 23.9 Å². The van der Waals surface area contributed by atoms with Gasteiger partial charge in [-0.05, 0) is 96.3 Å². The van der Waals surface area contributed by atoms with Crippen LogP contribution in [0.15, 0.2) is 97.2 Å². The molecule has 99 heavy (non-hydrogen) atoms. The second-order valence-electron chi connectivity index (χ2n) is 29.7. The summed E-state index contributed by atoms with van der Waals surface area (Å²) in [6, 6.07) is 0. The number of aliphatic carboxylic acids is 1. The molecule has 0 fully saturated rings. The first kappa shape index (κ1) is 95.2. The number of unbranched alkanes of at least 4 members (excludes halogenated alkanes) is 48. The fourth-order valence-electron chi connectivity index (χ4n) is 12.4. The number of hydrogen-bond donors (Lipinski definition) is 0. The lowest BCUT2D eigenvalue weighted by molar-refractivity contribution is -0.870. The highest BCUT2D eigenvalue weighted by molar-refractivity contribution is 5.70. The van der Waals surface area contributed by atoms with Gasteiger partial charge in [0.05, 0.1) is 40.3 Å². The molecule has 0 amide bonds. The largest absolute Gasteiger partial charge is 0.545 e. The number of carboxylic acids is 1. The number of quaternary nitrogens is 1. The second-order valence-corrected chi connectivity index (χ2v) is 29.7. The van der Waals surface area contributed by atoms with Gasteiger partial charge in [0.15, 0.2) is 12.4 Å². The summed E-state index contributed by atoms with van der Waals surface area (Å²) in [5.41, 5.74) is 0. The van der Waals surface area contributed by atoms with Gasteiger partial charge in [-0.25, -0.2) is 0 Å². The van der Waals surface area contributed by atoms with Crippen molar-refractivity contribution in [1.29, 1.82) is 0 Å². The van der Waals surface area contributed by atoms with Gasteiger partial charge in [-0.1, -0.05) is 387 Å². The summed E-state index contributed by atoms with van der Waals surface area (Å²) in [5, 5.41) is 11.9. The summed E-state index contributed by atoms with van der Waals surface area (Å²) in [5.74, 6) is -2.26. The van der Waals surface area contributed by atoms with Gasteiger partial charge in [0.25, 0.3) is 0 Å². The first-order valence-corrected chi connectivity index (χ1v) is 42.4. The zero-order valence-electron chi connectivity index (χ0n) is 65.9. The Morgan fingerprint density at radius 1 is 0.313 bits per heavy atom. The quantitative estimate of drug-likeness (QED) is 0.0195. The molecule has 0 aliphatic heterocycles. The standard InChI is InChI=1S/C90H161NO8/c1-6-8-10-12-14-16-18-20-22-24-26-28-30-32-34-36-38-40-42-43-44-45-47-48-50-52-54-56-58-60-62-64-66-68-70-72-74-76-78-80-87(92)97-84-86(85-98-90(89(94)95)96-83-82-91(3,4)5)99-88(93)81-79-77-75-73-71-69-67-65-63-61-59-57-55-53-51-49-46-41-39-37-35-33-31-29-27-25-23-21-19-17-15-13-11-9-7-2/h9,11,15,17,21,23-24,26-27,29,33,35,39,41,49,51,86,90H,6-8,10,12-14,16,18-20,22,25,28,30-32,34,36-38,40,42-48,50,52-85H2,1-5H3/b11-9-,17-15-,23-21-,26-24-,29-27-,35-33-,41-39-,51-49-. The number of ether oxygens (including phenoxy) is 4. The first-order chi connectivity index (χ1) is 48.6. The second kappa shape index (κ2) is 79.9. The van der Waals surface area contributed by atoms with Crippen LogP contribution < -0.4 is 5.11 Å². The molecule has 0 radical (unpaired) electrons. The van der Waals surface area contributed by atoms with E-state index in [4.69, 9.17) is 18.9 Å². The van der Waals surface area contributed by atoms with E-state index in [1.165, 1.54) is 283 Å². The van der Waals surface area contributed by atoms with Crippen LogP contribution in [0.3, 0.4) is 0 Å². The number of esters is 2. The van der Waals surface area contributed by atoms with Gasteiger partial charge in [-0.15, -0.1) is 0 Å². The van der Waals surface area contributed by atoms with Crippen LogP contribution in [0.5, 0.6) is 0 Å². The van der Waals surface area contributed by atoms with Crippen molar-refractivity contribution in [1.82, 2.24) is 0 Å². The number of allylic oxidation sites excluding steroid dienone is 16. The van der Waals surface area contributed by atoms with Gasteiger partial charge in [0.1, 0.15) is 13.2 Å². The minimum Gasteiger partial charge on any atom is -0.545 e. The van der Waals surface area contributed by atoms with Gasteiger partial charge in [0.2, 0.25) is 0 Å². The summed E-state index contributed by atoms with van der Waals surface area (Å²) in [4.78, 5) is 37.7. The van der Waals surface area contributed by atoms with Gasteiger partial charge >= 0.3 is 11.9 Å². The van der Waals surface area contributed by atoms with Crippen molar-refractivity contribution < 1.29 is 42.9 Å². The van der Waals surface area contributed by atoms with Crippen LogP contribution >= 0.6 is 0 Å². The Balaban J connectivity index is 3.97. The van der Waals surface area contributed by atoms with Crippen LogP contribution in [0.2, 0.25) is 0 Å². The number of carbonyl (C=O) groups excluding carboxylic acids is 3. The molecule has 0 spiro atoms. The molecule has 2 atom stereocenters. The maximum Gasteiger partial charge on any atom is 0.306 e. The van der Waals surface area contributed by atoms with E-state index < -0.39 is 24.3 Å². The lowest BCUT2D eigenvalue weighted by atomic mass is 10.0. The van der Waals surface area contributed by atoms with E-state index in [2.05, 4.69) is 111 Å². The molecule has 0 saturated carbocycles. The Kier molecular flexibility index (Phi) is 76.8. The molecule has 9 nitrogen and oxygen atoms in total. The van der Waals surface area contributed by atoms with E-state index in [1.54, 1.807) is 0 Å². The summed E-state index contributed by atoms with van der Waals surface area (Å²) in [6.45, 7) is 4.68. The van der Waals surface area contributed by atoms with E-state index in [1.807, 2.05) is 21.1 Å². The van der Waals surface area contributed by atoms with Crippen LogP contribution in [-0.2, 0) is 33.3 Å². The number of nitrogens with zero attached hydrogens (tertiary/aromatic N) is 1. The number of rotatable bonds is 79. The highest BCUT2D eigenvalue weighted by atomic mass is 16.7. The Hall–Kier alpha value is -3.79. The molecule has 0 aromatic rings. The minimum atomic E-state index is -1.63. The van der Waals surface area contributed by atoms with Crippen molar-refractivity contribution >= 4 is 17.9 Å². The smallest absolute Gasteiger partial charge is 0.306 e. The van der Waals surface area contributed by atoms with Gasteiger partial charge in [0, 0.05) is 12.8 Å². The van der Waals surface area contributed by atoms with Gasteiger partial charge in [-0.2, -0.15) is 0 Å². The Morgan fingerprint density at radius 3 is 0.869 bits per heavy atom. The third-order valence-corrected chi connectivity index (χ3v) is 18.8. The highest BCUT2D eigenvalue weighted by Gasteiger charge is 2.22. The topological polar surface area (TPSA) is 111 Å². The minimum absolute atomic E-state index is 0.146. The van der Waals surface area contributed by atoms with Crippen molar-refractivity contribution in [2.75, 3.05) is 47.5 Å². The molecule has 574 valence electrons. The van der Waals surface area contributed by atoms with Crippen LogP contribution in [-0.4, -0.2) is 82.3 Å². The summed E-state index contributed by atoms with van der Waals surface area (Å²) in [7, 11) is 5.95. The molecule has 0 aliphatic rings. The summed E-state index contributed by atoms with van der Waals surface area (Å²) < 4.78 is 22.9. The third kappa shape index (κ3) is 81.4. The predicted octanol–water partition coefficient (Wildman–Crippen LogP) is 26.2. The molecule has 0 aliphatic carbocycles. The molecule has 0 aromatic heterocycles. The Morgan fingerprint density at radius 2 is 0.576 bits per heavy atom. The molecule has 0 aromatic carbocycles. The molecule has 0 rings (SSSR count). The zero-order valence-corrected chi connectivity index (χ0v) is 65.9. The summed E-state index contributed by atoms with van der Waals surface area (Å²) >= 11 is 0. The highest BCUT2D eigenvalue weighted by Crippen LogP contribution is 2.20. The molecule has 0 heterocycles. The maximum absolute atomic E-state index is 13.0. The van der Waals surface area contributed by atoms with Crippen molar-refractivity contribution in [3.63, 3.8) is 0 Å². The molecule has 9 heteroatoms. The fourth-order valence-corrected chi connectivity index (χ4v) is 12.4. The Bertz CT molecular complexity index is 1960. The number of carboxylic acid groups (broad SMARTS) is 1. The number of likely N-dealkylation sites (N-methyl/N-ethyl adjacent to an activating group) is 1. The van der Waals surface area contributed by atoms with E-state index in [9.17, 15) is 19.5 Å². The monoisotopic (exact) mass is 1380 g/mol.